The molecule has 2 aromatic carbocycles. The highest BCUT2D eigenvalue weighted by molar-refractivity contribution is 7.71. The van der Waals surface area contributed by atoms with Crippen LogP contribution in [0.2, 0.25) is 0 Å². The van der Waals surface area contributed by atoms with E-state index < -0.39 is 23.4 Å². The molecule has 146 valence electrons. The van der Waals surface area contributed by atoms with E-state index in [4.69, 9.17) is 12.2 Å². The summed E-state index contributed by atoms with van der Waals surface area (Å²) in [7, 11) is 0. The zero-order valence-electron chi connectivity index (χ0n) is 15.1. The number of pyridine rings is 1. The summed E-state index contributed by atoms with van der Waals surface area (Å²) in [5.41, 5.74) is 0.954. The third-order valence-electron chi connectivity index (χ3n) is 4.53. The van der Waals surface area contributed by atoms with Crippen LogP contribution in [0.3, 0.4) is 0 Å². The normalized spacial score (nSPS) is 11.3. The lowest BCUT2D eigenvalue weighted by molar-refractivity contribution is 0.153. The number of hydrogen-bond acceptors (Lipinski definition) is 3. The Morgan fingerprint density at radius 3 is 2.48 bits per heavy atom. The summed E-state index contributed by atoms with van der Waals surface area (Å²) in [5, 5.41) is -0.235. The van der Waals surface area contributed by atoms with Crippen molar-refractivity contribution < 1.29 is 13.2 Å². The molecule has 0 bridgehead atoms. The molecule has 0 radical (unpaired) electrons. The molecule has 4 rings (SSSR count). The second-order valence-electron chi connectivity index (χ2n) is 6.54. The van der Waals surface area contributed by atoms with Gasteiger partial charge in [-0.1, -0.05) is 12.1 Å². The van der Waals surface area contributed by atoms with Gasteiger partial charge in [-0.25, -0.2) is 18.2 Å². The zero-order valence-corrected chi connectivity index (χ0v) is 15.9. The van der Waals surface area contributed by atoms with Gasteiger partial charge in [-0.3, -0.25) is 14.3 Å². The Labute approximate surface area is 168 Å². The van der Waals surface area contributed by atoms with Crippen LogP contribution in [0, 0.1) is 17.5 Å². The van der Waals surface area contributed by atoms with E-state index in [-0.39, 0.29) is 21.5 Å². The number of hydrogen-bond donors (Lipinski definition) is 1. The first kappa shape index (κ1) is 19.1. The van der Waals surface area contributed by atoms with Gasteiger partial charge in [0.25, 0.3) is 12.0 Å². The molecule has 0 unspecified atom stereocenters. The van der Waals surface area contributed by atoms with Crippen LogP contribution in [0.4, 0.5) is 13.2 Å². The quantitative estimate of drug-likeness (QED) is 0.452. The Kier molecular flexibility index (Phi) is 4.79. The standard InChI is InChI=1S/C21H14F3N3OS/c1-11-3-2-4-14(9-11)27-19-17(20(28)26-21(27)29)15(18(23)24)10-16(25-19)12-5-7-13(22)8-6-12/h2-10,18H,1H3,(H,26,28,29). The molecule has 0 aliphatic carbocycles. The Balaban J connectivity index is 2.15. The summed E-state index contributed by atoms with van der Waals surface area (Å²) in [6.45, 7) is 1.88. The summed E-state index contributed by atoms with van der Waals surface area (Å²) < 4.78 is 42.5. The molecule has 4 nitrogen and oxygen atoms in total. The lowest BCUT2D eigenvalue weighted by Crippen LogP contribution is -2.17. The van der Waals surface area contributed by atoms with Gasteiger partial charge in [0.15, 0.2) is 10.4 Å². The molecule has 4 aromatic rings. The number of nitrogens with zero attached hydrogens (tertiary/aromatic N) is 2. The fourth-order valence-electron chi connectivity index (χ4n) is 3.20. The number of alkyl halides is 2. The first-order chi connectivity index (χ1) is 13.8. The molecule has 29 heavy (non-hydrogen) atoms. The zero-order chi connectivity index (χ0) is 20.7. The van der Waals surface area contributed by atoms with E-state index in [0.717, 1.165) is 11.6 Å². The molecule has 0 aliphatic rings. The van der Waals surface area contributed by atoms with E-state index >= 15 is 0 Å². The van der Waals surface area contributed by atoms with Crippen molar-refractivity contribution in [1.29, 1.82) is 0 Å². The van der Waals surface area contributed by atoms with Crippen molar-refractivity contribution in [3.63, 3.8) is 0 Å². The predicted molar refractivity (Wildman–Crippen MR) is 108 cm³/mol. The molecule has 0 aliphatic heterocycles. The number of aryl methyl sites for hydroxylation is 1. The van der Waals surface area contributed by atoms with Crippen LogP contribution in [0.15, 0.2) is 59.4 Å². The fraction of sp³-hybridized carbons (Fsp3) is 0.0952. The summed E-state index contributed by atoms with van der Waals surface area (Å²) in [4.78, 5) is 19.4. The molecule has 2 heterocycles. The van der Waals surface area contributed by atoms with Gasteiger partial charge in [0.05, 0.1) is 16.8 Å². The van der Waals surface area contributed by atoms with Gasteiger partial charge in [0.1, 0.15) is 5.82 Å². The van der Waals surface area contributed by atoms with Crippen molar-refractivity contribution >= 4 is 23.3 Å². The van der Waals surface area contributed by atoms with Crippen LogP contribution in [0.5, 0.6) is 0 Å². The van der Waals surface area contributed by atoms with Crippen molar-refractivity contribution in [2.24, 2.45) is 0 Å². The van der Waals surface area contributed by atoms with E-state index in [9.17, 15) is 18.0 Å². The third-order valence-corrected chi connectivity index (χ3v) is 4.81. The number of benzene rings is 2. The largest absolute Gasteiger partial charge is 0.298 e. The van der Waals surface area contributed by atoms with Gasteiger partial charge >= 0.3 is 0 Å². The summed E-state index contributed by atoms with van der Waals surface area (Å²) in [6, 6.07) is 13.7. The average molecular weight is 413 g/mol. The minimum atomic E-state index is -2.91. The van der Waals surface area contributed by atoms with E-state index in [1.165, 1.54) is 28.8 Å². The Hall–Kier alpha value is -3.26. The summed E-state index contributed by atoms with van der Waals surface area (Å²) >= 11 is 5.31. The maximum Gasteiger partial charge on any atom is 0.264 e. The highest BCUT2D eigenvalue weighted by Crippen LogP contribution is 2.30. The summed E-state index contributed by atoms with van der Waals surface area (Å²) in [6.07, 6.45) is -2.91. The Bertz CT molecular complexity index is 1340. The molecular weight excluding hydrogens is 399 g/mol. The van der Waals surface area contributed by atoms with Crippen molar-refractivity contribution in [3.05, 3.63) is 86.7 Å². The second-order valence-corrected chi connectivity index (χ2v) is 6.92. The molecule has 0 fully saturated rings. The number of rotatable bonds is 3. The first-order valence-electron chi connectivity index (χ1n) is 8.66. The molecule has 1 N–H and O–H groups in total. The molecule has 2 aromatic heterocycles. The van der Waals surface area contributed by atoms with Gasteiger partial charge in [0.2, 0.25) is 0 Å². The fourth-order valence-corrected chi connectivity index (χ4v) is 3.49. The van der Waals surface area contributed by atoms with E-state index in [1.807, 2.05) is 19.1 Å². The molecular formula is C21H14F3N3OS. The molecule has 8 heteroatoms. The third kappa shape index (κ3) is 3.47. The lowest BCUT2D eigenvalue weighted by Gasteiger charge is -2.15. The second kappa shape index (κ2) is 7.29. The minimum Gasteiger partial charge on any atom is -0.298 e. The van der Waals surface area contributed by atoms with Crippen molar-refractivity contribution in [2.75, 3.05) is 0 Å². The van der Waals surface area contributed by atoms with Gasteiger partial charge < -0.3 is 0 Å². The van der Waals surface area contributed by atoms with Crippen LogP contribution in [-0.4, -0.2) is 14.5 Å². The van der Waals surface area contributed by atoms with Crippen LogP contribution in [0.1, 0.15) is 17.6 Å². The SMILES string of the molecule is Cc1cccc(-n2c(=S)[nH]c(=O)c3c(C(F)F)cc(-c4ccc(F)cc4)nc32)c1. The average Bonchev–Trinajstić information content (AvgIpc) is 2.67. The van der Waals surface area contributed by atoms with Crippen molar-refractivity contribution in [2.45, 2.75) is 13.3 Å². The van der Waals surface area contributed by atoms with Crippen LogP contribution < -0.4 is 5.56 Å². The maximum atomic E-state index is 13.9. The monoisotopic (exact) mass is 413 g/mol. The van der Waals surface area contributed by atoms with Crippen molar-refractivity contribution in [3.8, 4) is 16.9 Å². The van der Waals surface area contributed by atoms with E-state index in [2.05, 4.69) is 9.97 Å². The smallest absolute Gasteiger partial charge is 0.264 e. The van der Waals surface area contributed by atoms with E-state index in [1.54, 1.807) is 12.1 Å². The highest BCUT2D eigenvalue weighted by Gasteiger charge is 2.21. The van der Waals surface area contributed by atoms with Crippen LogP contribution in [-0.2, 0) is 0 Å². The molecule has 0 atom stereocenters. The van der Waals surface area contributed by atoms with E-state index in [0.29, 0.717) is 11.3 Å². The number of fused-ring (bicyclic) bond motifs is 1. The topological polar surface area (TPSA) is 50.7 Å². The number of aromatic amines is 1. The van der Waals surface area contributed by atoms with Gasteiger partial charge in [-0.05, 0) is 67.2 Å². The number of aromatic nitrogens is 3. The first-order valence-corrected chi connectivity index (χ1v) is 9.07. The number of H-pyrrole nitrogens is 1. The van der Waals surface area contributed by atoms with Crippen LogP contribution in [0.25, 0.3) is 28.0 Å². The maximum absolute atomic E-state index is 13.9. The minimum absolute atomic E-state index is 0.0153. The Morgan fingerprint density at radius 1 is 1.10 bits per heavy atom. The number of halogens is 3. The highest BCUT2D eigenvalue weighted by atomic mass is 32.1. The van der Waals surface area contributed by atoms with Crippen LogP contribution >= 0.6 is 12.2 Å². The molecule has 0 saturated carbocycles. The Morgan fingerprint density at radius 2 is 1.83 bits per heavy atom. The van der Waals surface area contributed by atoms with Gasteiger partial charge in [-0.2, -0.15) is 0 Å². The molecule has 0 saturated heterocycles. The molecule has 0 spiro atoms. The lowest BCUT2D eigenvalue weighted by atomic mass is 10.1. The van der Waals surface area contributed by atoms with Gasteiger partial charge in [-0.15, -0.1) is 0 Å². The predicted octanol–water partition coefficient (Wildman–Crippen LogP) is 5.50. The van der Waals surface area contributed by atoms with Crippen molar-refractivity contribution in [1.82, 2.24) is 14.5 Å². The number of nitrogens with one attached hydrogen (secondary N) is 1. The van der Waals surface area contributed by atoms with Gasteiger partial charge in [0, 0.05) is 11.1 Å². The summed E-state index contributed by atoms with van der Waals surface area (Å²) in [5.74, 6) is -0.456. The molecule has 0 amide bonds.